The van der Waals surface area contributed by atoms with Crippen molar-refractivity contribution >= 4 is 21.8 Å². The van der Waals surface area contributed by atoms with E-state index in [1.54, 1.807) is 6.92 Å². The lowest BCUT2D eigenvalue weighted by molar-refractivity contribution is -0.385. The highest BCUT2D eigenvalue weighted by atomic mass is 32.2. The first-order valence-electron chi connectivity index (χ1n) is 6.79. The Morgan fingerprint density at radius 2 is 1.83 bits per heavy atom. The third-order valence-electron chi connectivity index (χ3n) is 2.89. The Bertz CT molecular complexity index is 860. The topological polar surface area (TPSA) is 113 Å². The zero-order valence-electron chi connectivity index (χ0n) is 12.5. The van der Waals surface area contributed by atoms with Gasteiger partial charge in [-0.05, 0) is 37.3 Å². The minimum absolute atomic E-state index is 0.0328. The fraction of sp³-hybridized carbons (Fsp3) is 0.133. The lowest BCUT2D eigenvalue weighted by Crippen LogP contribution is -2.10. The number of hydrogen-bond acceptors (Lipinski definition) is 7. The molecule has 24 heavy (non-hydrogen) atoms. The second-order valence-electron chi connectivity index (χ2n) is 4.54. The van der Waals surface area contributed by atoms with Crippen LogP contribution in [0.5, 0.6) is 5.75 Å². The van der Waals surface area contributed by atoms with E-state index >= 15 is 0 Å². The number of carbonyl (C=O) groups is 1. The number of hydrogen-bond donors (Lipinski definition) is 0. The third-order valence-corrected chi connectivity index (χ3v) is 4.13. The van der Waals surface area contributed by atoms with E-state index in [-0.39, 0.29) is 28.5 Å². The molecule has 0 spiro atoms. The van der Waals surface area contributed by atoms with Gasteiger partial charge in [-0.25, -0.2) is 4.79 Å². The van der Waals surface area contributed by atoms with Crippen LogP contribution in [0.2, 0.25) is 0 Å². The van der Waals surface area contributed by atoms with Crippen molar-refractivity contribution in [1.29, 1.82) is 0 Å². The van der Waals surface area contributed by atoms with Crippen molar-refractivity contribution in [2.24, 2.45) is 0 Å². The Morgan fingerprint density at radius 3 is 2.42 bits per heavy atom. The van der Waals surface area contributed by atoms with Crippen LogP contribution in [0.15, 0.2) is 53.4 Å². The molecular weight excluding hydrogens is 338 g/mol. The van der Waals surface area contributed by atoms with Crippen molar-refractivity contribution in [3.63, 3.8) is 0 Å². The number of esters is 1. The van der Waals surface area contributed by atoms with E-state index in [1.807, 2.05) is 0 Å². The number of ether oxygens (including phenoxy) is 1. The smallest absolute Gasteiger partial charge is 0.339 e. The molecule has 0 aliphatic carbocycles. The number of nitro groups is 1. The maximum Gasteiger partial charge on any atom is 0.339 e. The molecule has 0 aliphatic rings. The van der Waals surface area contributed by atoms with Gasteiger partial charge >= 0.3 is 16.1 Å². The number of benzene rings is 2. The Balaban J connectivity index is 2.22. The molecule has 0 N–H and O–H groups in total. The van der Waals surface area contributed by atoms with E-state index < -0.39 is 21.0 Å². The maximum absolute atomic E-state index is 12.2. The predicted molar refractivity (Wildman–Crippen MR) is 83.3 cm³/mol. The van der Waals surface area contributed by atoms with Crippen molar-refractivity contribution in [3.8, 4) is 5.75 Å². The van der Waals surface area contributed by atoms with Crippen LogP contribution in [-0.4, -0.2) is 25.9 Å². The molecule has 2 rings (SSSR count). The van der Waals surface area contributed by atoms with Gasteiger partial charge in [0.05, 0.1) is 17.1 Å². The summed E-state index contributed by atoms with van der Waals surface area (Å²) < 4.78 is 34.0. The molecule has 8 nitrogen and oxygen atoms in total. The van der Waals surface area contributed by atoms with Gasteiger partial charge in [-0.2, -0.15) is 8.42 Å². The van der Waals surface area contributed by atoms with E-state index in [0.29, 0.717) is 0 Å². The molecule has 2 aromatic rings. The van der Waals surface area contributed by atoms with Gasteiger partial charge in [-0.15, -0.1) is 0 Å². The zero-order chi connectivity index (χ0) is 17.7. The van der Waals surface area contributed by atoms with Gasteiger partial charge in [0.1, 0.15) is 10.6 Å². The van der Waals surface area contributed by atoms with Crippen LogP contribution in [0.3, 0.4) is 0 Å². The Hall–Kier alpha value is -2.94. The number of non-ortho nitro benzene ring substituents is 1. The SMILES string of the molecule is CCOC(=O)c1ccc(OS(=O)(=O)c2cccc([N+](=O)[O-])c2)cc1. The van der Waals surface area contributed by atoms with Crippen molar-refractivity contribution < 1.29 is 27.1 Å². The van der Waals surface area contributed by atoms with Crippen LogP contribution in [-0.2, 0) is 14.9 Å². The minimum Gasteiger partial charge on any atom is -0.462 e. The van der Waals surface area contributed by atoms with Crippen molar-refractivity contribution in [3.05, 3.63) is 64.2 Å². The average Bonchev–Trinajstić information content (AvgIpc) is 2.55. The minimum atomic E-state index is -4.23. The fourth-order valence-corrected chi connectivity index (χ4v) is 2.76. The summed E-state index contributed by atoms with van der Waals surface area (Å²) in [5.74, 6) is -0.569. The van der Waals surface area contributed by atoms with Crippen LogP contribution >= 0.6 is 0 Å². The van der Waals surface area contributed by atoms with E-state index in [0.717, 1.165) is 6.07 Å². The largest absolute Gasteiger partial charge is 0.462 e. The first-order chi connectivity index (χ1) is 11.3. The highest BCUT2D eigenvalue weighted by Crippen LogP contribution is 2.22. The molecule has 0 bridgehead atoms. The van der Waals surface area contributed by atoms with Gasteiger partial charge < -0.3 is 8.92 Å². The van der Waals surface area contributed by atoms with Crippen LogP contribution in [0.1, 0.15) is 17.3 Å². The lowest BCUT2D eigenvalue weighted by Gasteiger charge is -2.07. The summed E-state index contributed by atoms with van der Waals surface area (Å²) in [7, 11) is -4.23. The van der Waals surface area contributed by atoms with Crippen LogP contribution in [0, 0.1) is 10.1 Å². The Morgan fingerprint density at radius 1 is 1.17 bits per heavy atom. The van der Waals surface area contributed by atoms with Crippen LogP contribution in [0.25, 0.3) is 0 Å². The summed E-state index contributed by atoms with van der Waals surface area (Å²) in [5, 5.41) is 10.7. The van der Waals surface area contributed by atoms with Gasteiger partial charge in [-0.3, -0.25) is 10.1 Å². The molecule has 0 unspecified atom stereocenters. The summed E-state index contributed by atoms with van der Waals surface area (Å²) in [6, 6.07) is 9.82. The molecule has 0 radical (unpaired) electrons. The number of nitrogens with zero attached hydrogens (tertiary/aromatic N) is 1. The fourth-order valence-electron chi connectivity index (χ4n) is 1.79. The molecule has 0 saturated carbocycles. The monoisotopic (exact) mass is 351 g/mol. The third kappa shape index (κ3) is 4.07. The van der Waals surface area contributed by atoms with Gasteiger partial charge in [-0.1, -0.05) is 6.07 Å². The Labute approximate surface area is 137 Å². The molecule has 126 valence electrons. The predicted octanol–water partition coefficient (Wildman–Crippen LogP) is 2.54. The van der Waals surface area contributed by atoms with Crippen LogP contribution in [0.4, 0.5) is 5.69 Å². The van der Waals surface area contributed by atoms with Gasteiger partial charge in [0.15, 0.2) is 0 Å². The molecule has 0 saturated heterocycles. The second kappa shape index (κ2) is 7.09. The normalized spacial score (nSPS) is 10.9. The molecule has 0 aromatic heterocycles. The number of carbonyl (C=O) groups excluding carboxylic acids is 1. The molecule has 0 amide bonds. The first kappa shape index (κ1) is 17.4. The Kier molecular flexibility index (Phi) is 5.14. The molecule has 0 atom stereocenters. The highest BCUT2D eigenvalue weighted by molar-refractivity contribution is 7.87. The van der Waals surface area contributed by atoms with Crippen molar-refractivity contribution in [2.75, 3.05) is 6.61 Å². The van der Waals surface area contributed by atoms with Gasteiger partial charge in [0.2, 0.25) is 0 Å². The molecule has 0 fully saturated rings. The molecule has 0 aliphatic heterocycles. The van der Waals surface area contributed by atoms with Crippen LogP contribution < -0.4 is 4.18 Å². The van der Waals surface area contributed by atoms with Crippen molar-refractivity contribution in [1.82, 2.24) is 0 Å². The number of rotatable bonds is 6. The summed E-state index contributed by atoms with van der Waals surface area (Å²) in [4.78, 5) is 21.2. The van der Waals surface area contributed by atoms with E-state index in [1.165, 1.54) is 42.5 Å². The maximum atomic E-state index is 12.2. The van der Waals surface area contributed by atoms with Gasteiger partial charge in [0.25, 0.3) is 5.69 Å². The average molecular weight is 351 g/mol. The molecule has 0 heterocycles. The standard InChI is InChI=1S/C15H13NO7S/c1-2-22-15(17)11-6-8-13(9-7-11)23-24(20,21)14-5-3-4-12(10-14)16(18)19/h3-10H,2H2,1H3. The van der Waals surface area contributed by atoms with Gasteiger partial charge in [0, 0.05) is 12.1 Å². The second-order valence-corrected chi connectivity index (χ2v) is 6.08. The summed E-state index contributed by atoms with van der Waals surface area (Å²) in [6.45, 7) is 1.89. The first-order valence-corrected chi connectivity index (χ1v) is 8.20. The molecule has 9 heteroatoms. The quantitative estimate of drug-likeness (QED) is 0.340. The van der Waals surface area contributed by atoms with E-state index in [9.17, 15) is 23.3 Å². The number of nitro benzene ring substituents is 1. The summed E-state index contributed by atoms with van der Waals surface area (Å²) in [6.07, 6.45) is 0. The highest BCUT2D eigenvalue weighted by Gasteiger charge is 2.20. The summed E-state index contributed by atoms with van der Waals surface area (Å²) >= 11 is 0. The lowest BCUT2D eigenvalue weighted by atomic mass is 10.2. The van der Waals surface area contributed by atoms with E-state index in [4.69, 9.17) is 8.92 Å². The molecule has 2 aromatic carbocycles. The zero-order valence-corrected chi connectivity index (χ0v) is 13.4. The summed E-state index contributed by atoms with van der Waals surface area (Å²) in [5.41, 5.74) is -0.116. The molecular formula is C15H13NO7S. The van der Waals surface area contributed by atoms with Crippen molar-refractivity contribution in [2.45, 2.75) is 11.8 Å². The van der Waals surface area contributed by atoms with E-state index in [2.05, 4.69) is 0 Å².